The molecular formula is C14H28N2O2. The molecule has 2 N–H and O–H groups in total. The first-order valence-electron chi connectivity index (χ1n) is 6.74. The third-order valence-electron chi connectivity index (χ3n) is 3.43. The summed E-state index contributed by atoms with van der Waals surface area (Å²) in [5.41, 5.74) is 5.85. The molecule has 4 nitrogen and oxygen atoms in total. The summed E-state index contributed by atoms with van der Waals surface area (Å²) in [5, 5.41) is 0. The number of amides is 1. The smallest absolute Gasteiger partial charge is 0.410 e. The van der Waals surface area contributed by atoms with Crippen molar-refractivity contribution in [2.45, 2.75) is 59.6 Å². The average Bonchev–Trinajstić information content (AvgIpc) is 2.13. The Morgan fingerprint density at radius 3 is 2.22 bits per heavy atom. The molecule has 0 aromatic heterocycles. The maximum atomic E-state index is 12.1. The molecule has 1 heterocycles. The van der Waals surface area contributed by atoms with Crippen LogP contribution in [0.25, 0.3) is 0 Å². The van der Waals surface area contributed by atoms with Gasteiger partial charge in [-0.15, -0.1) is 0 Å². The van der Waals surface area contributed by atoms with E-state index in [0.29, 0.717) is 19.0 Å². The first-order chi connectivity index (χ1) is 8.00. The van der Waals surface area contributed by atoms with Gasteiger partial charge in [0.05, 0.1) is 0 Å². The lowest BCUT2D eigenvalue weighted by atomic mass is 9.73. The van der Waals surface area contributed by atoms with Crippen molar-refractivity contribution in [3.05, 3.63) is 0 Å². The standard InChI is InChI=1S/C14H28N2O2/c1-13(2,3)10-9-16(8-7-11(10)15)12(17)18-14(4,5)6/h10-11H,7-9,15H2,1-6H3. The Morgan fingerprint density at radius 1 is 1.22 bits per heavy atom. The van der Waals surface area contributed by atoms with E-state index in [1.807, 2.05) is 20.8 Å². The van der Waals surface area contributed by atoms with Crippen LogP contribution in [0.4, 0.5) is 4.79 Å². The summed E-state index contributed by atoms with van der Waals surface area (Å²) < 4.78 is 5.42. The molecule has 0 bridgehead atoms. The van der Waals surface area contributed by atoms with E-state index in [1.54, 1.807) is 4.90 Å². The van der Waals surface area contributed by atoms with Crippen LogP contribution in [-0.2, 0) is 4.74 Å². The summed E-state index contributed by atoms with van der Waals surface area (Å²) in [6.07, 6.45) is 0.630. The van der Waals surface area contributed by atoms with E-state index in [0.717, 1.165) is 6.42 Å². The molecule has 18 heavy (non-hydrogen) atoms. The molecule has 1 aliphatic rings. The van der Waals surface area contributed by atoms with Gasteiger partial charge in [-0.25, -0.2) is 4.79 Å². The maximum Gasteiger partial charge on any atom is 0.410 e. The minimum atomic E-state index is -0.437. The Morgan fingerprint density at radius 2 is 1.78 bits per heavy atom. The second kappa shape index (κ2) is 5.08. The molecule has 1 saturated heterocycles. The number of likely N-dealkylation sites (tertiary alicyclic amines) is 1. The third kappa shape index (κ3) is 4.16. The van der Waals surface area contributed by atoms with Gasteiger partial charge < -0.3 is 15.4 Å². The quantitative estimate of drug-likeness (QED) is 0.725. The van der Waals surface area contributed by atoms with Crippen LogP contribution in [0.15, 0.2) is 0 Å². The number of hydrogen-bond acceptors (Lipinski definition) is 3. The highest BCUT2D eigenvalue weighted by atomic mass is 16.6. The van der Waals surface area contributed by atoms with Gasteiger partial charge in [0.15, 0.2) is 0 Å². The number of carbonyl (C=O) groups is 1. The van der Waals surface area contributed by atoms with Crippen LogP contribution in [0.3, 0.4) is 0 Å². The Kier molecular flexibility index (Phi) is 4.31. The summed E-state index contributed by atoms with van der Waals surface area (Å²) in [5.74, 6) is 0.318. The van der Waals surface area contributed by atoms with E-state index in [2.05, 4.69) is 20.8 Å². The number of rotatable bonds is 0. The van der Waals surface area contributed by atoms with E-state index < -0.39 is 5.60 Å². The number of nitrogens with two attached hydrogens (primary N) is 1. The van der Waals surface area contributed by atoms with Crippen molar-refractivity contribution < 1.29 is 9.53 Å². The molecule has 1 rings (SSSR count). The first kappa shape index (κ1) is 15.3. The molecule has 1 aliphatic heterocycles. The van der Waals surface area contributed by atoms with Crippen molar-refractivity contribution in [3.8, 4) is 0 Å². The fourth-order valence-corrected chi connectivity index (χ4v) is 2.38. The van der Waals surface area contributed by atoms with Gasteiger partial charge in [-0.1, -0.05) is 20.8 Å². The lowest BCUT2D eigenvalue weighted by molar-refractivity contribution is 0.00532. The van der Waals surface area contributed by atoms with Gasteiger partial charge in [0.1, 0.15) is 5.60 Å². The van der Waals surface area contributed by atoms with E-state index in [-0.39, 0.29) is 17.6 Å². The minimum absolute atomic E-state index is 0.111. The number of hydrogen-bond donors (Lipinski definition) is 1. The van der Waals surface area contributed by atoms with Crippen molar-refractivity contribution in [2.75, 3.05) is 13.1 Å². The Labute approximate surface area is 111 Å². The molecule has 0 aromatic rings. The Hall–Kier alpha value is -0.770. The highest BCUT2D eigenvalue weighted by molar-refractivity contribution is 5.68. The zero-order valence-electron chi connectivity index (χ0n) is 12.6. The SMILES string of the molecule is CC(C)(C)OC(=O)N1CCC(N)C(C(C)(C)C)C1. The molecule has 2 atom stereocenters. The van der Waals surface area contributed by atoms with Crippen molar-refractivity contribution in [3.63, 3.8) is 0 Å². The topological polar surface area (TPSA) is 55.6 Å². The van der Waals surface area contributed by atoms with Crippen molar-refractivity contribution in [1.29, 1.82) is 0 Å². The zero-order valence-corrected chi connectivity index (χ0v) is 12.6. The van der Waals surface area contributed by atoms with Gasteiger partial charge in [0.2, 0.25) is 0 Å². The lowest BCUT2D eigenvalue weighted by Crippen LogP contribution is -2.54. The summed E-state index contributed by atoms with van der Waals surface area (Å²) in [4.78, 5) is 13.9. The highest BCUT2D eigenvalue weighted by Gasteiger charge is 2.37. The van der Waals surface area contributed by atoms with Crippen LogP contribution in [0.2, 0.25) is 0 Å². The second-order valence-corrected chi connectivity index (χ2v) is 7.35. The van der Waals surface area contributed by atoms with Gasteiger partial charge in [0.25, 0.3) is 0 Å². The third-order valence-corrected chi connectivity index (χ3v) is 3.43. The van der Waals surface area contributed by atoms with E-state index in [4.69, 9.17) is 10.5 Å². The fraction of sp³-hybridized carbons (Fsp3) is 0.929. The summed E-state index contributed by atoms with van der Waals surface area (Å²) in [7, 11) is 0. The fourth-order valence-electron chi connectivity index (χ4n) is 2.38. The van der Waals surface area contributed by atoms with Crippen LogP contribution < -0.4 is 5.73 Å². The van der Waals surface area contributed by atoms with Crippen LogP contribution in [0.1, 0.15) is 48.0 Å². The monoisotopic (exact) mass is 256 g/mol. The van der Waals surface area contributed by atoms with Gasteiger partial charge in [-0.05, 0) is 38.5 Å². The number of nitrogens with zero attached hydrogens (tertiary/aromatic N) is 1. The van der Waals surface area contributed by atoms with Gasteiger partial charge in [-0.3, -0.25) is 0 Å². The van der Waals surface area contributed by atoms with Crippen LogP contribution in [0, 0.1) is 11.3 Å². The Bertz CT molecular complexity index is 302. The molecule has 0 radical (unpaired) electrons. The molecular weight excluding hydrogens is 228 g/mol. The predicted molar refractivity (Wildman–Crippen MR) is 73.3 cm³/mol. The normalized spacial score (nSPS) is 26.1. The van der Waals surface area contributed by atoms with Crippen molar-refractivity contribution in [1.82, 2.24) is 4.90 Å². The van der Waals surface area contributed by atoms with Crippen LogP contribution in [-0.4, -0.2) is 35.7 Å². The molecule has 0 spiro atoms. The summed E-state index contributed by atoms with van der Waals surface area (Å²) >= 11 is 0. The average molecular weight is 256 g/mol. The maximum absolute atomic E-state index is 12.1. The molecule has 0 aliphatic carbocycles. The van der Waals surface area contributed by atoms with E-state index >= 15 is 0 Å². The first-order valence-corrected chi connectivity index (χ1v) is 6.74. The van der Waals surface area contributed by atoms with E-state index in [1.165, 1.54) is 0 Å². The van der Waals surface area contributed by atoms with Gasteiger partial charge in [-0.2, -0.15) is 0 Å². The number of piperidine rings is 1. The van der Waals surface area contributed by atoms with Gasteiger partial charge in [0, 0.05) is 19.1 Å². The van der Waals surface area contributed by atoms with Gasteiger partial charge >= 0.3 is 6.09 Å². The molecule has 4 heteroatoms. The Balaban J connectivity index is 2.68. The molecule has 2 unspecified atom stereocenters. The summed E-state index contributed by atoms with van der Waals surface area (Å²) in [6.45, 7) is 13.6. The van der Waals surface area contributed by atoms with Crippen LogP contribution in [0.5, 0.6) is 0 Å². The summed E-state index contributed by atoms with van der Waals surface area (Å²) in [6, 6.07) is 0.170. The van der Waals surface area contributed by atoms with Crippen molar-refractivity contribution >= 4 is 6.09 Å². The number of ether oxygens (including phenoxy) is 1. The molecule has 0 aromatic carbocycles. The predicted octanol–water partition coefficient (Wildman–Crippen LogP) is 2.62. The second-order valence-electron chi connectivity index (χ2n) is 7.35. The molecule has 106 valence electrons. The van der Waals surface area contributed by atoms with E-state index in [9.17, 15) is 4.79 Å². The molecule has 1 amide bonds. The molecule has 0 saturated carbocycles. The van der Waals surface area contributed by atoms with Crippen molar-refractivity contribution in [2.24, 2.45) is 17.1 Å². The zero-order chi connectivity index (χ0) is 14.1. The van der Waals surface area contributed by atoms with Crippen LogP contribution >= 0.6 is 0 Å². The highest BCUT2D eigenvalue weighted by Crippen LogP contribution is 2.33. The number of carbonyl (C=O) groups excluding carboxylic acids is 1. The minimum Gasteiger partial charge on any atom is -0.444 e. The largest absolute Gasteiger partial charge is 0.444 e. The lowest BCUT2D eigenvalue weighted by Gasteiger charge is -2.43. The molecule has 1 fully saturated rings.